The summed E-state index contributed by atoms with van der Waals surface area (Å²) in [6, 6.07) is 11.5. The highest BCUT2D eigenvalue weighted by Crippen LogP contribution is 2.40. The Bertz CT molecular complexity index is 984. The van der Waals surface area contributed by atoms with Crippen molar-refractivity contribution in [2.75, 3.05) is 5.32 Å². The van der Waals surface area contributed by atoms with E-state index >= 15 is 0 Å². The van der Waals surface area contributed by atoms with Crippen molar-refractivity contribution in [3.8, 4) is 11.3 Å². The van der Waals surface area contributed by atoms with E-state index in [1.54, 1.807) is 13.3 Å². The zero-order valence-corrected chi connectivity index (χ0v) is 13.8. The standard InChI is InChI=1S/C19H18N4O2/c1-12-9-16(24)15(10-20-12)19(25)22-18-17(13-5-3-2-4-6-13)21-11-23(18)14-7-8-14/h2-6,9-11,14H,7-8H2,1H3,(H,20,24)(H,22,25). The van der Waals surface area contributed by atoms with Gasteiger partial charge in [0.25, 0.3) is 5.91 Å². The first-order chi connectivity index (χ1) is 12.1. The summed E-state index contributed by atoms with van der Waals surface area (Å²) in [5.74, 6) is 0.208. The predicted octanol–water partition coefficient (Wildman–Crippen LogP) is 3.13. The number of rotatable bonds is 4. The molecule has 2 heterocycles. The van der Waals surface area contributed by atoms with Crippen molar-refractivity contribution in [2.45, 2.75) is 25.8 Å². The van der Waals surface area contributed by atoms with Gasteiger partial charge in [0.05, 0.1) is 6.33 Å². The summed E-state index contributed by atoms with van der Waals surface area (Å²) < 4.78 is 1.99. The third kappa shape index (κ3) is 2.98. The van der Waals surface area contributed by atoms with E-state index in [0.29, 0.717) is 17.6 Å². The summed E-state index contributed by atoms with van der Waals surface area (Å²) in [5, 5.41) is 2.90. The molecule has 1 amide bonds. The van der Waals surface area contributed by atoms with Crippen molar-refractivity contribution in [2.24, 2.45) is 0 Å². The number of amides is 1. The molecule has 2 aromatic heterocycles. The highest BCUT2D eigenvalue weighted by molar-refractivity contribution is 6.05. The zero-order valence-electron chi connectivity index (χ0n) is 13.8. The number of nitrogens with zero attached hydrogens (tertiary/aromatic N) is 2. The fraction of sp³-hybridized carbons (Fsp3) is 0.211. The molecule has 126 valence electrons. The maximum atomic E-state index is 12.7. The predicted molar refractivity (Wildman–Crippen MR) is 95.7 cm³/mol. The molecule has 0 unspecified atom stereocenters. The topological polar surface area (TPSA) is 79.8 Å². The van der Waals surface area contributed by atoms with Crippen LogP contribution in [-0.4, -0.2) is 20.4 Å². The van der Waals surface area contributed by atoms with Crippen molar-refractivity contribution in [1.29, 1.82) is 0 Å². The van der Waals surface area contributed by atoms with Crippen molar-refractivity contribution < 1.29 is 4.79 Å². The number of carbonyl (C=O) groups excluding carboxylic acids is 1. The quantitative estimate of drug-likeness (QED) is 0.769. The molecule has 0 spiro atoms. The Balaban J connectivity index is 1.73. The average Bonchev–Trinajstić information content (AvgIpc) is 3.36. The summed E-state index contributed by atoms with van der Waals surface area (Å²) in [6.45, 7) is 1.78. The molecule has 4 rings (SSSR count). The van der Waals surface area contributed by atoms with Gasteiger partial charge >= 0.3 is 0 Å². The average molecular weight is 334 g/mol. The number of hydrogen-bond acceptors (Lipinski definition) is 3. The Morgan fingerprint density at radius 1 is 1.28 bits per heavy atom. The van der Waals surface area contributed by atoms with Gasteiger partial charge in [0.2, 0.25) is 0 Å². The molecule has 0 aliphatic heterocycles. The second kappa shape index (κ2) is 6.05. The first kappa shape index (κ1) is 15.4. The SMILES string of the molecule is Cc1cc(=O)c(C(=O)Nc2c(-c3ccccc3)ncn2C2CC2)c[nH]1. The van der Waals surface area contributed by atoms with E-state index in [9.17, 15) is 9.59 Å². The molecule has 6 heteroatoms. The lowest BCUT2D eigenvalue weighted by Crippen LogP contribution is -2.23. The van der Waals surface area contributed by atoms with Crippen LogP contribution in [0.4, 0.5) is 5.82 Å². The number of pyridine rings is 1. The molecule has 1 fully saturated rings. The first-order valence-electron chi connectivity index (χ1n) is 8.26. The number of hydrogen-bond donors (Lipinski definition) is 2. The van der Waals surface area contributed by atoms with Gasteiger partial charge in [-0.3, -0.25) is 9.59 Å². The van der Waals surface area contributed by atoms with E-state index in [4.69, 9.17) is 0 Å². The molecule has 1 aromatic carbocycles. The highest BCUT2D eigenvalue weighted by Gasteiger charge is 2.28. The van der Waals surface area contributed by atoms with Crippen molar-refractivity contribution in [3.05, 3.63) is 70.4 Å². The maximum absolute atomic E-state index is 12.7. The van der Waals surface area contributed by atoms with Gasteiger partial charge in [0.1, 0.15) is 17.1 Å². The van der Waals surface area contributed by atoms with Gasteiger partial charge in [-0.05, 0) is 19.8 Å². The minimum atomic E-state index is -0.430. The number of aryl methyl sites for hydroxylation is 1. The fourth-order valence-corrected chi connectivity index (χ4v) is 2.85. The summed E-state index contributed by atoms with van der Waals surface area (Å²) in [7, 11) is 0. The van der Waals surface area contributed by atoms with Crippen LogP contribution in [0.15, 0.2) is 53.7 Å². The molecule has 6 nitrogen and oxygen atoms in total. The molecule has 25 heavy (non-hydrogen) atoms. The van der Waals surface area contributed by atoms with Crippen LogP contribution in [0.5, 0.6) is 0 Å². The van der Waals surface area contributed by atoms with E-state index < -0.39 is 5.91 Å². The molecule has 1 aliphatic carbocycles. The maximum Gasteiger partial charge on any atom is 0.262 e. The van der Waals surface area contributed by atoms with Crippen molar-refractivity contribution in [3.63, 3.8) is 0 Å². The molecular weight excluding hydrogens is 316 g/mol. The Morgan fingerprint density at radius 2 is 2.04 bits per heavy atom. The molecule has 2 N–H and O–H groups in total. The van der Waals surface area contributed by atoms with Gasteiger partial charge in [-0.15, -0.1) is 0 Å². The monoisotopic (exact) mass is 334 g/mol. The highest BCUT2D eigenvalue weighted by atomic mass is 16.2. The summed E-state index contributed by atoms with van der Waals surface area (Å²) in [6.07, 6.45) is 5.35. The second-order valence-corrected chi connectivity index (χ2v) is 6.29. The molecule has 1 aliphatic rings. The fourth-order valence-electron chi connectivity index (χ4n) is 2.85. The number of aromatic amines is 1. The molecule has 3 aromatic rings. The van der Waals surface area contributed by atoms with Gasteiger partial charge in [0, 0.05) is 29.6 Å². The number of benzene rings is 1. The lowest BCUT2D eigenvalue weighted by Gasteiger charge is -2.11. The summed E-state index contributed by atoms with van der Waals surface area (Å²) >= 11 is 0. The second-order valence-electron chi connectivity index (χ2n) is 6.29. The number of anilines is 1. The smallest absolute Gasteiger partial charge is 0.262 e. The van der Waals surface area contributed by atoms with E-state index in [1.165, 1.54) is 12.3 Å². The lowest BCUT2D eigenvalue weighted by atomic mass is 10.1. The van der Waals surface area contributed by atoms with Crippen LogP contribution in [0.2, 0.25) is 0 Å². The van der Waals surface area contributed by atoms with Gasteiger partial charge in [-0.1, -0.05) is 30.3 Å². The van der Waals surface area contributed by atoms with Crippen molar-refractivity contribution >= 4 is 11.7 Å². The Labute approximate surface area is 144 Å². The third-order valence-corrected chi connectivity index (χ3v) is 4.32. The van der Waals surface area contributed by atoms with Crippen LogP contribution in [0.3, 0.4) is 0 Å². The molecule has 0 atom stereocenters. The number of H-pyrrole nitrogens is 1. The summed E-state index contributed by atoms with van der Waals surface area (Å²) in [5.41, 5.74) is 2.15. The third-order valence-electron chi connectivity index (χ3n) is 4.32. The minimum absolute atomic E-state index is 0.0909. The normalized spacial score (nSPS) is 13.6. The van der Waals surface area contributed by atoms with Crippen LogP contribution >= 0.6 is 0 Å². The summed E-state index contributed by atoms with van der Waals surface area (Å²) in [4.78, 5) is 32.2. The van der Waals surface area contributed by atoms with Crippen LogP contribution in [-0.2, 0) is 0 Å². The first-order valence-corrected chi connectivity index (χ1v) is 8.26. The number of carbonyl (C=O) groups is 1. The van der Waals surface area contributed by atoms with E-state index in [0.717, 1.165) is 24.1 Å². The zero-order chi connectivity index (χ0) is 17.4. The van der Waals surface area contributed by atoms with Crippen molar-refractivity contribution in [1.82, 2.24) is 14.5 Å². The molecule has 0 saturated heterocycles. The Kier molecular flexibility index (Phi) is 3.72. The van der Waals surface area contributed by atoms with E-state index in [1.807, 2.05) is 34.9 Å². The molecule has 0 bridgehead atoms. The van der Waals surface area contributed by atoms with E-state index in [-0.39, 0.29) is 11.0 Å². The molecule has 0 radical (unpaired) electrons. The van der Waals surface area contributed by atoms with Crippen LogP contribution in [0.1, 0.15) is 34.9 Å². The van der Waals surface area contributed by atoms with Crippen LogP contribution < -0.4 is 10.7 Å². The Hall–Kier alpha value is -3.15. The van der Waals surface area contributed by atoms with Gasteiger partial charge < -0.3 is 14.9 Å². The largest absolute Gasteiger partial charge is 0.364 e. The molecular formula is C19H18N4O2. The van der Waals surface area contributed by atoms with Crippen LogP contribution in [0.25, 0.3) is 11.3 Å². The Morgan fingerprint density at radius 3 is 2.72 bits per heavy atom. The molecule has 1 saturated carbocycles. The number of aromatic nitrogens is 3. The van der Waals surface area contributed by atoms with Crippen LogP contribution in [0, 0.1) is 6.92 Å². The number of nitrogens with one attached hydrogen (secondary N) is 2. The van der Waals surface area contributed by atoms with E-state index in [2.05, 4.69) is 15.3 Å². The minimum Gasteiger partial charge on any atom is -0.364 e. The van der Waals surface area contributed by atoms with Gasteiger partial charge in [0.15, 0.2) is 5.43 Å². The van der Waals surface area contributed by atoms with Gasteiger partial charge in [-0.2, -0.15) is 0 Å². The van der Waals surface area contributed by atoms with Gasteiger partial charge in [-0.25, -0.2) is 4.98 Å². The lowest BCUT2D eigenvalue weighted by molar-refractivity contribution is 0.102. The number of imidazole rings is 1.